The van der Waals surface area contributed by atoms with Gasteiger partial charge in [-0.3, -0.25) is 4.79 Å². The number of halogens is 1. The Kier molecular flexibility index (Phi) is 3.24. The van der Waals surface area contributed by atoms with Crippen LogP contribution in [0.15, 0.2) is 0 Å². The zero-order chi connectivity index (χ0) is 10.8. The summed E-state index contributed by atoms with van der Waals surface area (Å²) in [7, 11) is 1.83. The molecule has 0 radical (unpaired) electrons. The van der Waals surface area contributed by atoms with Gasteiger partial charge in [0.05, 0.1) is 6.04 Å². The van der Waals surface area contributed by atoms with Gasteiger partial charge in [-0.05, 0) is 18.8 Å². The summed E-state index contributed by atoms with van der Waals surface area (Å²) in [5.74, 6) is 0.739. The maximum absolute atomic E-state index is 12.9. The van der Waals surface area contributed by atoms with Crippen molar-refractivity contribution in [1.29, 1.82) is 0 Å². The third-order valence-electron chi connectivity index (χ3n) is 3.51. The van der Waals surface area contributed by atoms with E-state index in [1.807, 2.05) is 7.05 Å². The predicted octanol–water partition coefficient (Wildman–Crippen LogP) is 0.945. The highest BCUT2D eigenvalue weighted by molar-refractivity contribution is 5.82. The second-order valence-corrected chi connectivity index (χ2v) is 4.81. The molecule has 4 heteroatoms. The highest BCUT2D eigenvalue weighted by Gasteiger charge is 2.32. The quantitative estimate of drug-likeness (QED) is 0.758. The van der Waals surface area contributed by atoms with Crippen molar-refractivity contribution in [3.8, 4) is 0 Å². The van der Waals surface area contributed by atoms with Crippen LogP contribution < -0.4 is 5.32 Å². The second kappa shape index (κ2) is 4.47. The van der Waals surface area contributed by atoms with Crippen molar-refractivity contribution < 1.29 is 9.18 Å². The lowest BCUT2D eigenvalue weighted by atomic mass is 9.85. The van der Waals surface area contributed by atoms with Crippen molar-refractivity contribution in [1.82, 2.24) is 10.2 Å². The van der Waals surface area contributed by atoms with E-state index in [0.29, 0.717) is 18.9 Å². The minimum atomic E-state index is -0.851. The lowest BCUT2D eigenvalue weighted by Crippen LogP contribution is -2.44. The Labute approximate surface area is 90.0 Å². The van der Waals surface area contributed by atoms with Crippen LogP contribution in [0.25, 0.3) is 0 Å². The molecule has 2 fully saturated rings. The van der Waals surface area contributed by atoms with Crippen LogP contribution in [0.2, 0.25) is 0 Å². The average Bonchev–Trinajstić information content (AvgIpc) is 2.56. The topological polar surface area (TPSA) is 32.3 Å². The van der Waals surface area contributed by atoms with E-state index >= 15 is 0 Å². The Bertz CT molecular complexity index is 243. The van der Waals surface area contributed by atoms with Gasteiger partial charge in [0.15, 0.2) is 0 Å². The minimum Gasteiger partial charge on any atom is -0.344 e. The van der Waals surface area contributed by atoms with Crippen molar-refractivity contribution in [3.63, 3.8) is 0 Å². The van der Waals surface area contributed by atoms with E-state index in [0.717, 1.165) is 6.54 Å². The molecule has 15 heavy (non-hydrogen) atoms. The summed E-state index contributed by atoms with van der Waals surface area (Å²) < 4.78 is 12.9. The van der Waals surface area contributed by atoms with Crippen LogP contribution in [0.3, 0.4) is 0 Å². The third kappa shape index (κ3) is 2.48. The largest absolute Gasteiger partial charge is 0.344 e. The molecule has 1 saturated carbocycles. The first-order valence-electron chi connectivity index (χ1n) is 5.79. The molecule has 1 heterocycles. The molecule has 0 spiro atoms. The maximum Gasteiger partial charge on any atom is 0.239 e. The van der Waals surface area contributed by atoms with Gasteiger partial charge in [-0.25, -0.2) is 4.39 Å². The van der Waals surface area contributed by atoms with Crippen molar-refractivity contribution in [2.75, 3.05) is 20.1 Å². The number of hydrogen-bond donors (Lipinski definition) is 1. The SMILES string of the molecule is CN(CC1CCC1)C(=O)[C@H]1C[C@H](F)CN1. The summed E-state index contributed by atoms with van der Waals surface area (Å²) in [6.45, 7) is 1.17. The Morgan fingerprint density at radius 1 is 1.53 bits per heavy atom. The van der Waals surface area contributed by atoms with Crippen LogP contribution >= 0.6 is 0 Å². The number of carbonyl (C=O) groups excluding carboxylic acids is 1. The fourth-order valence-corrected chi connectivity index (χ4v) is 2.30. The predicted molar refractivity (Wildman–Crippen MR) is 56.3 cm³/mol. The van der Waals surface area contributed by atoms with Gasteiger partial charge >= 0.3 is 0 Å². The number of hydrogen-bond acceptors (Lipinski definition) is 2. The summed E-state index contributed by atoms with van der Waals surface area (Å²) in [5, 5.41) is 2.93. The summed E-state index contributed by atoms with van der Waals surface area (Å²) in [4.78, 5) is 13.6. The first-order valence-corrected chi connectivity index (χ1v) is 5.79. The summed E-state index contributed by atoms with van der Waals surface area (Å²) in [6, 6.07) is -0.287. The van der Waals surface area contributed by atoms with Gasteiger partial charge in [0.1, 0.15) is 6.17 Å². The van der Waals surface area contributed by atoms with Crippen LogP contribution in [0.1, 0.15) is 25.7 Å². The van der Waals surface area contributed by atoms with Gasteiger partial charge in [-0.2, -0.15) is 0 Å². The maximum atomic E-state index is 12.9. The van der Waals surface area contributed by atoms with Gasteiger partial charge in [-0.15, -0.1) is 0 Å². The molecule has 1 aliphatic carbocycles. The second-order valence-electron chi connectivity index (χ2n) is 4.81. The number of likely N-dealkylation sites (N-methyl/N-ethyl adjacent to an activating group) is 1. The Morgan fingerprint density at radius 2 is 2.27 bits per heavy atom. The molecule has 2 rings (SSSR count). The molecule has 3 nitrogen and oxygen atoms in total. The highest BCUT2D eigenvalue weighted by atomic mass is 19.1. The van der Waals surface area contributed by atoms with Crippen molar-refractivity contribution >= 4 is 5.91 Å². The standard InChI is InChI=1S/C11H19FN2O/c1-14(7-8-3-2-4-8)11(15)10-5-9(12)6-13-10/h8-10,13H,2-7H2,1H3/t9-,10+/m0/s1. The molecule has 1 amide bonds. The molecule has 0 aromatic carbocycles. The molecule has 0 aromatic rings. The van der Waals surface area contributed by atoms with E-state index in [1.165, 1.54) is 19.3 Å². The van der Waals surface area contributed by atoms with E-state index in [4.69, 9.17) is 0 Å². The zero-order valence-electron chi connectivity index (χ0n) is 9.21. The number of carbonyl (C=O) groups is 1. The molecule has 1 aliphatic heterocycles. The number of rotatable bonds is 3. The summed E-state index contributed by atoms with van der Waals surface area (Å²) in [6.07, 6.45) is 3.26. The lowest BCUT2D eigenvalue weighted by Gasteiger charge is -2.31. The van der Waals surface area contributed by atoms with Crippen molar-refractivity contribution in [3.05, 3.63) is 0 Å². The minimum absolute atomic E-state index is 0.0575. The Hall–Kier alpha value is -0.640. The number of nitrogens with zero attached hydrogens (tertiary/aromatic N) is 1. The van der Waals surface area contributed by atoms with E-state index in [2.05, 4.69) is 5.32 Å². The van der Waals surface area contributed by atoms with E-state index in [1.54, 1.807) is 4.90 Å². The lowest BCUT2D eigenvalue weighted by molar-refractivity contribution is -0.132. The molecule has 2 aliphatic rings. The van der Waals surface area contributed by atoms with Gasteiger partial charge < -0.3 is 10.2 Å². The number of nitrogens with one attached hydrogen (secondary N) is 1. The number of amides is 1. The zero-order valence-corrected chi connectivity index (χ0v) is 9.21. The van der Waals surface area contributed by atoms with Gasteiger partial charge in [-0.1, -0.05) is 6.42 Å². The molecule has 86 valence electrons. The van der Waals surface area contributed by atoms with Crippen molar-refractivity contribution in [2.45, 2.75) is 37.9 Å². The average molecular weight is 214 g/mol. The third-order valence-corrected chi connectivity index (χ3v) is 3.51. The van der Waals surface area contributed by atoms with Gasteiger partial charge in [0, 0.05) is 26.6 Å². The molecule has 0 bridgehead atoms. The molecular formula is C11H19FN2O. The normalized spacial score (nSPS) is 31.3. The van der Waals surface area contributed by atoms with E-state index in [9.17, 15) is 9.18 Å². The molecular weight excluding hydrogens is 195 g/mol. The Morgan fingerprint density at radius 3 is 2.73 bits per heavy atom. The van der Waals surface area contributed by atoms with E-state index in [-0.39, 0.29) is 11.9 Å². The van der Waals surface area contributed by atoms with Crippen LogP contribution in [0, 0.1) is 5.92 Å². The first-order chi connectivity index (χ1) is 7.16. The van der Waals surface area contributed by atoms with Crippen LogP contribution in [0.5, 0.6) is 0 Å². The fourth-order valence-electron chi connectivity index (χ4n) is 2.30. The monoisotopic (exact) mass is 214 g/mol. The highest BCUT2D eigenvalue weighted by Crippen LogP contribution is 2.27. The van der Waals surface area contributed by atoms with Gasteiger partial charge in [0.25, 0.3) is 0 Å². The summed E-state index contributed by atoms with van der Waals surface area (Å²) >= 11 is 0. The molecule has 0 aromatic heterocycles. The Balaban J connectivity index is 1.78. The number of alkyl halides is 1. The summed E-state index contributed by atoms with van der Waals surface area (Å²) in [5.41, 5.74) is 0. The first kappa shape index (κ1) is 10.9. The molecule has 1 N–H and O–H groups in total. The molecule has 0 unspecified atom stereocenters. The van der Waals surface area contributed by atoms with Crippen LogP contribution in [-0.2, 0) is 4.79 Å². The molecule has 1 saturated heterocycles. The van der Waals surface area contributed by atoms with Crippen LogP contribution in [-0.4, -0.2) is 43.2 Å². The molecule has 2 atom stereocenters. The van der Waals surface area contributed by atoms with E-state index < -0.39 is 6.17 Å². The van der Waals surface area contributed by atoms with Crippen LogP contribution in [0.4, 0.5) is 4.39 Å². The fraction of sp³-hybridized carbons (Fsp3) is 0.909. The van der Waals surface area contributed by atoms with Crippen molar-refractivity contribution in [2.24, 2.45) is 5.92 Å². The smallest absolute Gasteiger partial charge is 0.239 e. The van der Waals surface area contributed by atoms with Gasteiger partial charge in [0.2, 0.25) is 5.91 Å².